The molecule has 0 aliphatic carbocycles. The quantitative estimate of drug-likeness (QED) is 0.121. The van der Waals surface area contributed by atoms with Gasteiger partial charge in [-0.05, 0) is 218 Å². The van der Waals surface area contributed by atoms with Crippen molar-refractivity contribution in [2.75, 3.05) is 9.80 Å². The van der Waals surface area contributed by atoms with Gasteiger partial charge in [-0.1, -0.05) is 301 Å². The van der Waals surface area contributed by atoms with E-state index in [0.717, 1.165) is 107 Å². The Morgan fingerprint density at radius 2 is 0.495 bits per heavy atom. The molecule has 0 saturated carbocycles. The number of hydrogen-bond acceptors (Lipinski definition) is 4. The maximum atomic E-state index is 6.00. The topological polar surface area (TPSA) is 32.3 Å². The Labute approximate surface area is 610 Å². The standard InChI is InChI=1S/C98H87BN4/c1-95(2,3)79-57-80(96(4,5)6)60-83(59-79)102-89-45-43-70(64-31-19-13-20-32-64)53-85(89)99-86-54-71(65-33-21-14-22-34-65)44-46-90(86)103(84-61-81(97(7,8)9)58-82(62-84)98(10,11)12)92-56-78(55-91(102)93(92)99)94-100-87(76-49-72(66-35-23-15-24-36-66)47-73(50-76)67-37-25-16-26-38-67)63-88(101-94)77-51-74(68-39-27-17-28-40-68)48-75(52-77)69-41-29-18-30-42-69/h13-63H,1-12H3. The zero-order chi connectivity index (χ0) is 71.1. The number of nitrogens with zero attached hydrogens (tertiary/aromatic N) is 4. The van der Waals surface area contributed by atoms with Gasteiger partial charge in [0.25, 0.3) is 6.71 Å². The van der Waals surface area contributed by atoms with Crippen LogP contribution in [-0.2, 0) is 21.7 Å². The first-order chi connectivity index (χ1) is 49.5. The molecule has 103 heavy (non-hydrogen) atoms. The highest BCUT2D eigenvalue weighted by Crippen LogP contribution is 2.50. The predicted molar refractivity (Wildman–Crippen MR) is 440 cm³/mol. The fourth-order valence-electron chi connectivity index (χ4n) is 15.1. The lowest BCUT2D eigenvalue weighted by Crippen LogP contribution is -2.61. The Morgan fingerprint density at radius 1 is 0.223 bits per heavy atom. The van der Waals surface area contributed by atoms with Crippen LogP contribution in [-0.4, -0.2) is 16.7 Å². The van der Waals surface area contributed by atoms with Gasteiger partial charge in [0.1, 0.15) is 0 Å². The van der Waals surface area contributed by atoms with Gasteiger partial charge in [0, 0.05) is 50.8 Å². The number of anilines is 6. The molecule has 0 atom stereocenters. The van der Waals surface area contributed by atoms with Gasteiger partial charge in [-0.25, -0.2) is 9.97 Å². The molecule has 0 N–H and O–H groups in total. The lowest BCUT2D eigenvalue weighted by molar-refractivity contribution is 0.568. The highest BCUT2D eigenvalue weighted by Gasteiger charge is 2.45. The molecule has 4 nitrogen and oxygen atoms in total. The summed E-state index contributed by atoms with van der Waals surface area (Å²) in [5, 5.41) is 0. The molecule has 2 aliphatic heterocycles. The van der Waals surface area contributed by atoms with Gasteiger partial charge in [-0.3, -0.25) is 0 Å². The summed E-state index contributed by atoms with van der Waals surface area (Å²) in [6.07, 6.45) is 0. The minimum absolute atomic E-state index is 0.178. The Bertz CT molecular complexity index is 5010. The van der Waals surface area contributed by atoms with Crippen LogP contribution in [0.2, 0.25) is 0 Å². The summed E-state index contributed by atoms with van der Waals surface area (Å²) in [6, 6.07) is 115. The molecular formula is C98H87BN4. The van der Waals surface area contributed by atoms with Gasteiger partial charge in [0.15, 0.2) is 5.82 Å². The Hall–Kier alpha value is -11.4. The van der Waals surface area contributed by atoms with Crippen LogP contribution in [0.3, 0.4) is 0 Å². The predicted octanol–water partition coefficient (Wildman–Crippen LogP) is 24.8. The zero-order valence-corrected chi connectivity index (χ0v) is 61.3. The Morgan fingerprint density at radius 3 is 0.777 bits per heavy atom. The summed E-state index contributed by atoms with van der Waals surface area (Å²) >= 11 is 0. The van der Waals surface area contributed by atoms with Crippen molar-refractivity contribution in [3.63, 3.8) is 0 Å². The van der Waals surface area contributed by atoms with E-state index < -0.39 is 0 Å². The summed E-state index contributed by atoms with van der Waals surface area (Å²) in [6.45, 7) is 28.0. The first-order valence-electron chi connectivity index (χ1n) is 36.5. The van der Waals surface area contributed by atoms with Gasteiger partial charge in [-0.15, -0.1) is 0 Å². The molecule has 3 heterocycles. The third kappa shape index (κ3) is 12.9. The normalized spacial score (nSPS) is 12.8. The molecule has 0 spiro atoms. The molecule has 13 aromatic carbocycles. The summed E-state index contributed by atoms with van der Waals surface area (Å²) in [7, 11) is 0. The van der Waals surface area contributed by atoms with Crippen molar-refractivity contribution in [2.24, 2.45) is 0 Å². The van der Waals surface area contributed by atoms with E-state index in [1.54, 1.807) is 0 Å². The third-order valence-electron chi connectivity index (χ3n) is 21.0. The van der Waals surface area contributed by atoms with E-state index in [4.69, 9.17) is 9.97 Å². The molecule has 16 rings (SSSR count). The van der Waals surface area contributed by atoms with Crippen molar-refractivity contribution < 1.29 is 0 Å². The molecule has 502 valence electrons. The van der Waals surface area contributed by atoms with Crippen LogP contribution in [0.5, 0.6) is 0 Å². The minimum atomic E-state index is -0.221. The van der Waals surface area contributed by atoms with Crippen LogP contribution in [0.25, 0.3) is 101 Å². The van der Waals surface area contributed by atoms with Crippen LogP contribution in [0, 0.1) is 0 Å². The van der Waals surface area contributed by atoms with E-state index in [9.17, 15) is 0 Å². The van der Waals surface area contributed by atoms with Gasteiger partial charge >= 0.3 is 0 Å². The molecule has 0 radical (unpaired) electrons. The van der Waals surface area contributed by atoms with Crippen molar-refractivity contribution in [3.05, 3.63) is 332 Å². The Balaban J connectivity index is 1.06. The molecule has 0 saturated heterocycles. The lowest BCUT2D eigenvalue weighted by Gasteiger charge is -2.45. The van der Waals surface area contributed by atoms with Crippen LogP contribution in [0.1, 0.15) is 105 Å². The maximum Gasteiger partial charge on any atom is 0.252 e. The van der Waals surface area contributed by atoms with Crippen molar-refractivity contribution in [3.8, 4) is 101 Å². The molecular weight excluding hydrogens is 1240 g/mol. The molecule has 5 heteroatoms. The minimum Gasteiger partial charge on any atom is -0.311 e. The number of rotatable bonds is 11. The van der Waals surface area contributed by atoms with Gasteiger partial charge in [0.2, 0.25) is 0 Å². The molecule has 2 aliphatic rings. The smallest absolute Gasteiger partial charge is 0.252 e. The molecule has 0 unspecified atom stereocenters. The van der Waals surface area contributed by atoms with Crippen molar-refractivity contribution in [1.82, 2.24) is 9.97 Å². The van der Waals surface area contributed by atoms with E-state index in [1.165, 1.54) is 60.9 Å². The van der Waals surface area contributed by atoms with Crippen LogP contribution >= 0.6 is 0 Å². The lowest BCUT2D eigenvalue weighted by atomic mass is 9.33. The van der Waals surface area contributed by atoms with Crippen LogP contribution < -0.4 is 26.2 Å². The summed E-state index contributed by atoms with van der Waals surface area (Å²) < 4.78 is 0. The second kappa shape index (κ2) is 25.9. The third-order valence-corrected chi connectivity index (χ3v) is 21.0. The molecule has 14 aromatic rings. The monoisotopic (exact) mass is 1330 g/mol. The largest absolute Gasteiger partial charge is 0.311 e. The van der Waals surface area contributed by atoms with Gasteiger partial charge in [0.05, 0.1) is 11.4 Å². The average molecular weight is 1330 g/mol. The van der Waals surface area contributed by atoms with Crippen molar-refractivity contribution >= 4 is 57.2 Å². The number of aromatic nitrogens is 2. The van der Waals surface area contributed by atoms with Gasteiger partial charge in [-0.2, -0.15) is 0 Å². The van der Waals surface area contributed by atoms with E-state index >= 15 is 0 Å². The van der Waals surface area contributed by atoms with E-state index in [1.807, 2.05) is 0 Å². The molecule has 0 bridgehead atoms. The fourth-order valence-corrected chi connectivity index (χ4v) is 15.1. The van der Waals surface area contributed by atoms with Crippen LogP contribution in [0.15, 0.2) is 309 Å². The second-order valence-electron chi connectivity index (χ2n) is 32.4. The summed E-state index contributed by atoms with van der Waals surface area (Å²) in [4.78, 5) is 17.2. The molecule has 0 fully saturated rings. The highest BCUT2D eigenvalue weighted by atomic mass is 15.2. The first kappa shape index (κ1) is 66.2. The highest BCUT2D eigenvalue weighted by molar-refractivity contribution is 7.00. The summed E-state index contributed by atoms with van der Waals surface area (Å²) in [5.74, 6) is 0.619. The number of fused-ring (bicyclic) bond motifs is 4. The number of benzene rings is 13. The van der Waals surface area contributed by atoms with Crippen molar-refractivity contribution in [1.29, 1.82) is 0 Å². The maximum absolute atomic E-state index is 6.00. The first-order valence-corrected chi connectivity index (χ1v) is 36.5. The van der Waals surface area contributed by atoms with E-state index in [0.29, 0.717) is 5.82 Å². The Kier molecular flexibility index (Phi) is 16.6. The van der Waals surface area contributed by atoms with Crippen LogP contribution in [0.4, 0.5) is 34.1 Å². The zero-order valence-electron chi connectivity index (χ0n) is 61.3. The van der Waals surface area contributed by atoms with E-state index in [-0.39, 0.29) is 28.4 Å². The SMILES string of the molecule is CC(C)(C)c1cc(N2c3ccc(-c4ccccc4)cc3B3c4cc(-c5ccccc5)ccc4N(c4cc(C(C)(C)C)cc(C(C)(C)C)c4)c4cc(-c5nc(-c6cc(-c7ccccc7)cc(-c7ccccc7)c6)cc(-c6cc(-c7ccccc7)cc(-c7ccccc7)c6)n5)cc2c43)cc(C(C)(C)C)c1. The fraction of sp³-hybridized carbons (Fsp3) is 0.163. The van der Waals surface area contributed by atoms with Gasteiger partial charge < -0.3 is 9.80 Å². The molecule has 0 amide bonds. The van der Waals surface area contributed by atoms with E-state index in [2.05, 4.69) is 402 Å². The van der Waals surface area contributed by atoms with Crippen molar-refractivity contribution in [2.45, 2.75) is 105 Å². The summed E-state index contributed by atoms with van der Waals surface area (Å²) in [5.41, 5.74) is 32.9. The molecule has 1 aromatic heterocycles. The number of hydrogen-bond donors (Lipinski definition) is 0. The average Bonchev–Trinajstić information content (AvgIpc) is 0.692. The second-order valence-corrected chi connectivity index (χ2v) is 32.4.